The molecule has 0 aliphatic rings. The Kier molecular flexibility index (Phi) is 4.54. The number of hydrogen-bond donors (Lipinski definition) is 2. The van der Waals surface area contributed by atoms with Crippen LogP contribution in [-0.2, 0) is 4.79 Å². The lowest BCUT2D eigenvalue weighted by atomic mass is 10.2. The molecular formula is C14H16N2O2S. The molecule has 0 spiro atoms. The van der Waals surface area contributed by atoms with Crippen molar-refractivity contribution < 1.29 is 9.53 Å². The van der Waals surface area contributed by atoms with Gasteiger partial charge in [-0.05, 0) is 23.6 Å². The third kappa shape index (κ3) is 3.56. The fraction of sp³-hybridized carbons (Fsp3) is 0.214. The highest BCUT2D eigenvalue weighted by atomic mass is 32.1. The minimum atomic E-state index is -0.199. The van der Waals surface area contributed by atoms with Gasteiger partial charge >= 0.3 is 0 Å². The molecule has 0 aliphatic carbocycles. The molecule has 1 aromatic carbocycles. The number of carbonyl (C=O) groups excluding carboxylic acids is 1. The normalized spacial score (nSPS) is 11.9. The summed E-state index contributed by atoms with van der Waals surface area (Å²) in [5.41, 5.74) is 6.41. The number of thiophene rings is 1. The third-order valence-electron chi connectivity index (χ3n) is 2.54. The first-order valence-electron chi connectivity index (χ1n) is 5.97. The van der Waals surface area contributed by atoms with E-state index in [1.165, 1.54) is 6.92 Å². The van der Waals surface area contributed by atoms with Crippen LogP contribution in [0.15, 0.2) is 41.8 Å². The van der Waals surface area contributed by atoms with Gasteiger partial charge in [-0.25, -0.2) is 0 Å². The van der Waals surface area contributed by atoms with Crippen molar-refractivity contribution in [3.05, 3.63) is 46.7 Å². The van der Waals surface area contributed by atoms with Gasteiger partial charge in [0, 0.05) is 18.3 Å². The molecule has 3 N–H and O–H groups in total. The van der Waals surface area contributed by atoms with Crippen LogP contribution in [0.1, 0.15) is 17.9 Å². The maximum Gasteiger partial charge on any atom is 0.221 e. The molecule has 19 heavy (non-hydrogen) atoms. The van der Waals surface area contributed by atoms with Gasteiger partial charge in [-0.2, -0.15) is 0 Å². The number of hydrogen-bond acceptors (Lipinski definition) is 4. The van der Waals surface area contributed by atoms with E-state index in [-0.39, 0.29) is 12.0 Å². The van der Waals surface area contributed by atoms with Gasteiger partial charge in [-0.1, -0.05) is 18.2 Å². The van der Waals surface area contributed by atoms with Crippen molar-refractivity contribution in [3.8, 4) is 5.75 Å². The molecule has 5 heteroatoms. The molecule has 4 nitrogen and oxygen atoms in total. The number of anilines is 1. The zero-order chi connectivity index (χ0) is 13.7. The molecule has 0 saturated carbocycles. The average Bonchev–Trinajstić information content (AvgIpc) is 2.91. The van der Waals surface area contributed by atoms with Crippen molar-refractivity contribution >= 4 is 22.9 Å². The van der Waals surface area contributed by atoms with Gasteiger partial charge in [0.1, 0.15) is 11.9 Å². The van der Waals surface area contributed by atoms with Gasteiger partial charge in [0.25, 0.3) is 0 Å². The number of carbonyl (C=O) groups is 1. The van der Waals surface area contributed by atoms with E-state index in [0.717, 1.165) is 4.88 Å². The summed E-state index contributed by atoms with van der Waals surface area (Å²) in [5, 5.41) is 4.73. The summed E-state index contributed by atoms with van der Waals surface area (Å²) < 4.78 is 5.91. The van der Waals surface area contributed by atoms with E-state index in [2.05, 4.69) is 5.32 Å². The van der Waals surface area contributed by atoms with E-state index in [9.17, 15) is 4.79 Å². The van der Waals surface area contributed by atoms with E-state index >= 15 is 0 Å². The number of nitrogens with one attached hydrogen (secondary N) is 1. The zero-order valence-electron chi connectivity index (χ0n) is 10.6. The number of benzene rings is 1. The largest absolute Gasteiger partial charge is 0.481 e. The van der Waals surface area contributed by atoms with Gasteiger partial charge in [-0.3, -0.25) is 4.79 Å². The summed E-state index contributed by atoms with van der Waals surface area (Å²) in [4.78, 5) is 12.2. The first-order valence-corrected chi connectivity index (χ1v) is 6.85. The first kappa shape index (κ1) is 13.6. The summed E-state index contributed by atoms with van der Waals surface area (Å²) in [6, 6.07) is 11.3. The predicted octanol–water partition coefficient (Wildman–Crippen LogP) is 2.79. The molecule has 100 valence electrons. The van der Waals surface area contributed by atoms with Gasteiger partial charge in [0.15, 0.2) is 0 Å². The maximum absolute atomic E-state index is 11.2. The van der Waals surface area contributed by atoms with Crippen LogP contribution in [0.25, 0.3) is 0 Å². The molecule has 1 unspecified atom stereocenters. The van der Waals surface area contributed by atoms with Crippen LogP contribution in [0, 0.1) is 0 Å². The van der Waals surface area contributed by atoms with Crippen LogP contribution in [0.5, 0.6) is 5.75 Å². The second-order valence-corrected chi connectivity index (χ2v) is 5.01. The minimum Gasteiger partial charge on any atom is -0.481 e. The molecule has 0 fully saturated rings. The minimum absolute atomic E-state index is 0.128. The lowest BCUT2D eigenvalue weighted by Gasteiger charge is -2.18. The van der Waals surface area contributed by atoms with Crippen LogP contribution >= 0.6 is 11.3 Å². The SMILES string of the molecule is CC(=O)Nc1ccccc1OC(CN)c1cccs1. The van der Waals surface area contributed by atoms with Crippen molar-refractivity contribution in [2.75, 3.05) is 11.9 Å². The number of ether oxygens (including phenoxy) is 1. The van der Waals surface area contributed by atoms with Crippen molar-refractivity contribution in [1.82, 2.24) is 0 Å². The Morgan fingerprint density at radius 1 is 1.37 bits per heavy atom. The Morgan fingerprint density at radius 3 is 2.79 bits per heavy atom. The van der Waals surface area contributed by atoms with E-state index in [4.69, 9.17) is 10.5 Å². The molecule has 0 radical (unpaired) electrons. The Bertz CT molecular complexity index is 540. The van der Waals surface area contributed by atoms with Crippen LogP contribution in [-0.4, -0.2) is 12.5 Å². The summed E-state index contributed by atoms with van der Waals surface area (Å²) in [6.07, 6.45) is -0.199. The molecule has 2 rings (SSSR count). The van der Waals surface area contributed by atoms with E-state index in [1.807, 2.05) is 35.7 Å². The van der Waals surface area contributed by atoms with E-state index < -0.39 is 0 Å². The fourth-order valence-electron chi connectivity index (χ4n) is 1.71. The highest BCUT2D eigenvalue weighted by Gasteiger charge is 2.14. The van der Waals surface area contributed by atoms with Crippen molar-refractivity contribution in [3.63, 3.8) is 0 Å². The Balaban J connectivity index is 2.20. The quantitative estimate of drug-likeness (QED) is 0.882. The molecule has 0 saturated heterocycles. The number of rotatable bonds is 5. The molecule has 1 atom stereocenters. The van der Waals surface area contributed by atoms with Crippen LogP contribution in [0.3, 0.4) is 0 Å². The van der Waals surface area contributed by atoms with Crippen LogP contribution in [0.4, 0.5) is 5.69 Å². The van der Waals surface area contributed by atoms with Gasteiger partial charge in [0.2, 0.25) is 5.91 Å². The molecule has 2 aromatic rings. The second kappa shape index (κ2) is 6.36. The smallest absolute Gasteiger partial charge is 0.221 e. The molecule has 1 aromatic heterocycles. The highest BCUT2D eigenvalue weighted by Crippen LogP contribution is 2.30. The van der Waals surface area contributed by atoms with Gasteiger partial charge < -0.3 is 15.8 Å². The fourth-order valence-corrected chi connectivity index (χ4v) is 2.48. The first-order chi connectivity index (χ1) is 9.20. The van der Waals surface area contributed by atoms with Crippen molar-refractivity contribution in [2.45, 2.75) is 13.0 Å². The van der Waals surface area contributed by atoms with E-state index in [0.29, 0.717) is 18.0 Å². The lowest BCUT2D eigenvalue weighted by Crippen LogP contribution is -2.18. The van der Waals surface area contributed by atoms with Crippen LogP contribution < -0.4 is 15.8 Å². The zero-order valence-corrected chi connectivity index (χ0v) is 11.4. The molecule has 0 bridgehead atoms. The summed E-state index contributed by atoms with van der Waals surface area (Å²) >= 11 is 1.60. The Hall–Kier alpha value is -1.85. The predicted molar refractivity (Wildman–Crippen MR) is 77.5 cm³/mol. The standard InChI is InChI=1S/C14H16N2O2S/c1-10(17)16-11-5-2-3-6-12(11)18-13(9-15)14-7-4-8-19-14/h2-8,13H,9,15H2,1H3,(H,16,17). The highest BCUT2D eigenvalue weighted by molar-refractivity contribution is 7.10. The number of para-hydroxylation sites is 2. The van der Waals surface area contributed by atoms with Crippen molar-refractivity contribution in [1.29, 1.82) is 0 Å². The van der Waals surface area contributed by atoms with Crippen LogP contribution in [0.2, 0.25) is 0 Å². The molecule has 1 heterocycles. The number of nitrogens with two attached hydrogens (primary N) is 1. The Labute approximate surface area is 116 Å². The lowest BCUT2D eigenvalue weighted by molar-refractivity contribution is -0.114. The van der Waals surface area contributed by atoms with Crippen molar-refractivity contribution in [2.24, 2.45) is 5.73 Å². The third-order valence-corrected chi connectivity index (χ3v) is 3.51. The average molecular weight is 276 g/mol. The summed E-state index contributed by atoms with van der Waals surface area (Å²) in [7, 11) is 0. The second-order valence-electron chi connectivity index (χ2n) is 4.03. The summed E-state index contributed by atoms with van der Waals surface area (Å²) in [6.45, 7) is 1.85. The monoisotopic (exact) mass is 276 g/mol. The maximum atomic E-state index is 11.2. The molecule has 0 aliphatic heterocycles. The summed E-state index contributed by atoms with van der Waals surface area (Å²) in [5.74, 6) is 0.498. The van der Waals surface area contributed by atoms with Gasteiger partial charge in [-0.15, -0.1) is 11.3 Å². The van der Waals surface area contributed by atoms with Gasteiger partial charge in [0.05, 0.1) is 5.69 Å². The van der Waals surface area contributed by atoms with E-state index in [1.54, 1.807) is 17.4 Å². The Morgan fingerprint density at radius 2 is 2.16 bits per heavy atom. The molecule has 1 amide bonds. The number of amides is 1. The topological polar surface area (TPSA) is 64.3 Å². The molecular weight excluding hydrogens is 260 g/mol.